The average molecular weight is 1150 g/mol. The zero-order chi connectivity index (χ0) is 54.5. The highest BCUT2D eigenvalue weighted by Gasteiger charge is 2.37. The van der Waals surface area contributed by atoms with Gasteiger partial charge in [-0.2, -0.15) is 18.6 Å². The fourth-order valence-corrected chi connectivity index (χ4v) is 16.6. The molecule has 0 saturated carbocycles. The smallest absolute Gasteiger partial charge is 0.263 e. The van der Waals surface area contributed by atoms with Crippen LogP contribution >= 0.6 is 69.3 Å². The van der Waals surface area contributed by atoms with E-state index >= 15 is 0 Å². The number of rotatable bonds is 28. The van der Waals surface area contributed by atoms with Crippen LogP contribution in [0.15, 0.2) is 110 Å². The summed E-state index contributed by atoms with van der Waals surface area (Å²) in [6.45, 7) is 13.2. The van der Waals surface area contributed by atoms with E-state index in [0.29, 0.717) is 42.0 Å². The number of anilines is 1. The Labute approximate surface area is 485 Å². The van der Waals surface area contributed by atoms with Gasteiger partial charge in [0.15, 0.2) is 12.3 Å². The molecule has 0 fully saturated rings. The molecule has 9 nitrogen and oxygen atoms in total. The lowest BCUT2D eigenvalue weighted by Gasteiger charge is -2.25. The van der Waals surface area contributed by atoms with Gasteiger partial charge in [-0.3, -0.25) is 9.59 Å². The van der Waals surface area contributed by atoms with Gasteiger partial charge in [-0.25, -0.2) is 5.87 Å². The molecule has 78 heavy (non-hydrogen) atoms. The molecular weight excluding hydrogens is 1080 g/mol. The largest absolute Gasteiger partial charge is 0.762 e. The molecule has 1 amide bonds. The van der Waals surface area contributed by atoms with Gasteiger partial charge in [0.05, 0.1) is 28.0 Å². The van der Waals surface area contributed by atoms with Crippen LogP contribution in [0.2, 0.25) is 0 Å². The van der Waals surface area contributed by atoms with Crippen LogP contribution in [0, 0.1) is 18.3 Å². The first kappa shape index (κ1) is 57.3. The Bertz CT molecular complexity index is 3500. The Morgan fingerprint density at radius 3 is 2.35 bits per heavy atom. The number of hydrogen-bond acceptors (Lipinski definition) is 12. The van der Waals surface area contributed by atoms with Crippen LogP contribution in [0.1, 0.15) is 137 Å². The summed E-state index contributed by atoms with van der Waals surface area (Å²) in [4.78, 5) is 37.6. The Kier molecular flexibility index (Phi) is 20.3. The number of thiazole rings is 1. The van der Waals surface area contributed by atoms with Gasteiger partial charge in [-0.15, -0.1) is 34.4 Å². The van der Waals surface area contributed by atoms with Crippen molar-refractivity contribution in [2.24, 2.45) is 0 Å². The number of benzene rings is 3. The van der Waals surface area contributed by atoms with E-state index in [-0.39, 0.29) is 17.3 Å². The summed E-state index contributed by atoms with van der Waals surface area (Å²) in [7, 11) is 0. The van der Waals surface area contributed by atoms with Gasteiger partial charge in [-0.05, 0) is 105 Å². The first-order valence-electron chi connectivity index (χ1n) is 28.0. The van der Waals surface area contributed by atoms with Gasteiger partial charge in [0.1, 0.15) is 21.8 Å². The van der Waals surface area contributed by atoms with Crippen LogP contribution in [0.4, 0.5) is 5.69 Å². The number of aromatic nitrogens is 3. The molecule has 0 radical (unpaired) electrons. The minimum Gasteiger partial charge on any atom is -0.762 e. The lowest BCUT2D eigenvalue weighted by atomic mass is 9.77. The molecule has 3 aromatic carbocycles. The number of aryl methyl sites for hydroxylation is 5. The molecule has 404 valence electrons. The predicted molar refractivity (Wildman–Crippen MR) is 334 cm³/mol. The van der Waals surface area contributed by atoms with Crippen LogP contribution in [0.3, 0.4) is 0 Å². The molecule has 0 atom stereocenters. The number of hydrogen-bond donors (Lipinski definition) is 1. The molecule has 2 aliphatic rings. The third-order valence-electron chi connectivity index (χ3n) is 14.6. The van der Waals surface area contributed by atoms with E-state index in [1.807, 2.05) is 59.1 Å². The molecule has 7 aromatic rings. The Balaban J connectivity index is 0.889. The number of nitriles is 1. The van der Waals surface area contributed by atoms with E-state index in [9.17, 15) is 20.3 Å². The molecule has 0 unspecified atom stereocenters. The average Bonchev–Trinajstić information content (AvgIpc) is 4.47. The van der Waals surface area contributed by atoms with Crippen molar-refractivity contribution in [2.75, 3.05) is 23.7 Å². The number of carbonyl (C=O) groups is 2. The summed E-state index contributed by atoms with van der Waals surface area (Å²) in [5.74, 6) is 2.58. The second-order valence-electron chi connectivity index (χ2n) is 20.0. The van der Waals surface area contributed by atoms with E-state index in [2.05, 4.69) is 104 Å². The van der Waals surface area contributed by atoms with Crippen LogP contribution in [0.25, 0.3) is 53.6 Å². The number of thiophene rings is 2. The minimum atomic E-state index is -0.172. The number of allylic oxidation sites excluding steroid dienone is 5. The fraction of sp³-hybridized carbons (Fsp3) is 0.397. The SMILES string of the molecule is CCCCCCc1cc(-c2cc(SCCC(=O)NCCCC[n+]3c(/C=C4/C(=O)C(/C=C5\Sc6ccccc6N5CCCC)=C4C(=C=[N-])C#N)sc4ccccc43)c(-c3cc(CCCCCC)c(CC)s3)c3nsnc23)sc1C. The monoisotopic (exact) mass is 1150 g/mol. The number of unbranched alkanes of at least 4 members (excludes halogenated alkanes) is 8. The normalized spacial score (nSPS) is 14.3. The number of ketones is 1. The van der Waals surface area contributed by atoms with Crippen molar-refractivity contribution in [1.82, 2.24) is 14.1 Å². The maximum Gasteiger partial charge on any atom is 0.263 e. The first-order chi connectivity index (χ1) is 38.2. The van der Waals surface area contributed by atoms with E-state index in [0.717, 1.165) is 109 Å². The number of thioether (sulfide) groups is 2. The maximum atomic E-state index is 14.2. The van der Waals surface area contributed by atoms with Crippen molar-refractivity contribution >= 4 is 120 Å². The predicted octanol–water partition coefficient (Wildman–Crippen LogP) is 17.1. The van der Waals surface area contributed by atoms with E-state index in [1.54, 1.807) is 34.9 Å². The number of nitrogens with one attached hydrogen (secondary N) is 1. The number of amides is 1. The van der Waals surface area contributed by atoms with Crippen LogP contribution < -0.4 is 14.8 Å². The molecule has 15 heteroatoms. The summed E-state index contributed by atoms with van der Waals surface area (Å²) in [6.07, 6.45) is 20.8. The second-order valence-corrected chi connectivity index (χ2v) is 26.2. The van der Waals surface area contributed by atoms with Gasteiger partial charge in [0.2, 0.25) is 11.4 Å². The molecular formula is C63H69N7O2S6. The third-order valence-corrected chi connectivity index (χ3v) is 20.9. The number of para-hydroxylation sites is 2. The first-order valence-corrected chi connectivity index (χ1v) is 32.9. The van der Waals surface area contributed by atoms with Crippen LogP contribution in [-0.2, 0) is 35.4 Å². The number of carbonyl (C=O) groups excluding carboxylic acids is 2. The molecule has 0 bridgehead atoms. The Hall–Kier alpha value is -5.43. The quantitative estimate of drug-likeness (QED) is 0.0128. The topological polar surface area (TPSA) is 125 Å². The van der Waals surface area contributed by atoms with Gasteiger partial charge in [0.25, 0.3) is 5.01 Å². The lowest BCUT2D eigenvalue weighted by Crippen LogP contribution is -2.36. The lowest BCUT2D eigenvalue weighted by molar-refractivity contribution is -0.669. The van der Waals surface area contributed by atoms with Gasteiger partial charge in [0, 0.05) is 101 Å². The molecule has 5 heterocycles. The second kappa shape index (κ2) is 27.6. The summed E-state index contributed by atoms with van der Waals surface area (Å²) in [6, 6.07) is 25.7. The standard InChI is InChI=1S/C63H69N7O2S6/c1-6-10-13-15-23-42-34-53(74-41(42)5)45-36-54(60(62-61(45)67-78-68-62)55-35-43(50(9-4)75-55)24-16-14-11-7-2)73-33-29-56(71)66-30-21-22-32-70-49-26-18-20-28-52(49)77-58(70)38-47-59(44(39-64)40-65)46(63(47)72)37-57-69(31-12-8-3)48-25-17-19-27-51(48)76-57/h17-20,25-28,34-38H,6-16,21-24,29-33H2,1-5H3,(H,66,71). The van der Waals surface area contributed by atoms with Crippen LogP contribution in [0.5, 0.6) is 0 Å². The van der Waals surface area contributed by atoms with Gasteiger partial charge < -0.3 is 15.6 Å². The van der Waals surface area contributed by atoms with Gasteiger partial charge >= 0.3 is 0 Å². The number of Topliss-reactive ketones (excluding diaryl/α,β-unsaturated/α-hetero) is 1. The number of fused-ring (bicyclic) bond motifs is 3. The molecule has 1 N–H and O–H groups in total. The minimum absolute atomic E-state index is 0.0316. The van der Waals surface area contributed by atoms with Crippen LogP contribution in [-0.4, -0.2) is 45.1 Å². The molecule has 0 saturated heterocycles. The number of nitrogens with zero attached hydrogens (tertiary/aromatic N) is 6. The summed E-state index contributed by atoms with van der Waals surface area (Å²) in [5.41, 5.74) is 10.4. The van der Waals surface area contributed by atoms with Gasteiger partial charge in [-0.1, -0.05) is 120 Å². The highest BCUT2D eigenvalue weighted by molar-refractivity contribution is 8.03. The van der Waals surface area contributed by atoms with E-state index in [1.165, 1.54) is 93.7 Å². The highest BCUT2D eigenvalue weighted by Crippen LogP contribution is 2.49. The van der Waals surface area contributed by atoms with Crippen molar-refractivity contribution in [3.63, 3.8) is 0 Å². The molecule has 9 rings (SSSR count). The highest BCUT2D eigenvalue weighted by atomic mass is 32.2. The molecule has 0 spiro atoms. The third kappa shape index (κ3) is 12.9. The molecule has 1 aliphatic heterocycles. The van der Waals surface area contributed by atoms with Crippen molar-refractivity contribution in [3.05, 3.63) is 131 Å². The van der Waals surface area contributed by atoms with Crippen molar-refractivity contribution in [1.29, 1.82) is 5.26 Å². The van der Waals surface area contributed by atoms with E-state index < -0.39 is 0 Å². The van der Waals surface area contributed by atoms with Crippen molar-refractivity contribution < 1.29 is 14.2 Å². The Morgan fingerprint density at radius 2 is 1.58 bits per heavy atom. The zero-order valence-electron chi connectivity index (χ0n) is 45.6. The Morgan fingerprint density at radius 1 is 0.833 bits per heavy atom. The van der Waals surface area contributed by atoms with Crippen molar-refractivity contribution in [3.8, 4) is 27.0 Å². The summed E-state index contributed by atoms with van der Waals surface area (Å²) >= 11 is 10.0. The fourth-order valence-electron chi connectivity index (χ4n) is 10.4. The van der Waals surface area contributed by atoms with Crippen molar-refractivity contribution in [2.45, 2.75) is 154 Å². The molecule has 1 aliphatic carbocycles. The maximum absolute atomic E-state index is 14.2. The zero-order valence-corrected chi connectivity index (χ0v) is 50.5. The summed E-state index contributed by atoms with van der Waals surface area (Å²) < 4.78 is 13.3. The molecule has 4 aromatic heterocycles. The van der Waals surface area contributed by atoms with E-state index in [4.69, 9.17) is 8.75 Å². The summed E-state index contributed by atoms with van der Waals surface area (Å²) in [5, 5.41) is 25.3.